The highest BCUT2D eigenvalue weighted by atomic mass is 16.5. The lowest BCUT2D eigenvalue weighted by molar-refractivity contribution is -0.147. The first-order chi connectivity index (χ1) is 12.2. The summed E-state index contributed by atoms with van der Waals surface area (Å²) in [6.45, 7) is 0.846. The molecule has 7 heteroatoms. The number of rotatable bonds is 6. The number of methoxy groups -OCH3 is 1. The molecule has 2 aromatic heterocycles. The number of aromatic nitrogens is 1. The molecule has 0 aliphatic carbocycles. The molecule has 1 saturated heterocycles. The lowest BCUT2D eigenvalue weighted by Crippen LogP contribution is -2.47. The van der Waals surface area contributed by atoms with E-state index in [1.165, 1.54) is 7.11 Å². The number of hydrogen-bond donors (Lipinski definition) is 1. The number of pyridine rings is 1. The summed E-state index contributed by atoms with van der Waals surface area (Å²) in [7, 11) is 1.48. The average Bonchev–Trinajstić information content (AvgIpc) is 3.33. The Balaban J connectivity index is 1.67. The van der Waals surface area contributed by atoms with Crippen LogP contribution in [0.25, 0.3) is 0 Å². The van der Waals surface area contributed by atoms with E-state index in [0.29, 0.717) is 30.8 Å². The number of nitrogens with one attached hydrogen (secondary N) is 1. The number of nitrogens with zero attached hydrogens (tertiary/aromatic N) is 2. The Morgan fingerprint density at radius 1 is 1.44 bits per heavy atom. The summed E-state index contributed by atoms with van der Waals surface area (Å²) in [4.78, 5) is 31.0. The van der Waals surface area contributed by atoms with Crippen LogP contribution in [-0.2, 0) is 20.9 Å². The summed E-state index contributed by atoms with van der Waals surface area (Å²) in [5.74, 6) is 0.281. The lowest BCUT2D eigenvalue weighted by Gasteiger charge is -2.27. The highest BCUT2D eigenvalue weighted by Gasteiger charge is 2.37. The Kier molecular flexibility index (Phi) is 5.45. The van der Waals surface area contributed by atoms with E-state index in [2.05, 4.69) is 10.3 Å². The number of ether oxygens (including phenoxy) is 1. The number of amides is 2. The zero-order valence-electron chi connectivity index (χ0n) is 14.1. The van der Waals surface area contributed by atoms with Gasteiger partial charge in [-0.15, -0.1) is 0 Å². The monoisotopic (exact) mass is 343 g/mol. The van der Waals surface area contributed by atoms with Gasteiger partial charge in [0.15, 0.2) is 6.10 Å². The van der Waals surface area contributed by atoms with Gasteiger partial charge in [0.1, 0.15) is 11.8 Å². The summed E-state index contributed by atoms with van der Waals surface area (Å²) >= 11 is 0. The lowest BCUT2D eigenvalue weighted by atomic mass is 10.1. The zero-order chi connectivity index (χ0) is 17.6. The van der Waals surface area contributed by atoms with E-state index < -0.39 is 12.1 Å². The molecule has 2 aromatic rings. The van der Waals surface area contributed by atoms with Crippen molar-refractivity contribution >= 4 is 11.8 Å². The van der Waals surface area contributed by atoms with Crippen LogP contribution < -0.4 is 5.32 Å². The predicted molar refractivity (Wildman–Crippen MR) is 89.3 cm³/mol. The number of hydrogen-bond acceptors (Lipinski definition) is 5. The number of carbonyl (C=O) groups is 2. The molecule has 2 amide bonds. The predicted octanol–water partition coefficient (Wildman–Crippen LogP) is 1.67. The molecule has 0 aromatic carbocycles. The van der Waals surface area contributed by atoms with Crippen molar-refractivity contribution in [2.45, 2.75) is 31.5 Å². The summed E-state index contributed by atoms with van der Waals surface area (Å²) in [5, 5.41) is 2.83. The Morgan fingerprint density at radius 2 is 2.32 bits per heavy atom. The fourth-order valence-electron chi connectivity index (χ4n) is 3.07. The van der Waals surface area contributed by atoms with Crippen molar-refractivity contribution < 1.29 is 18.7 Å². The van der Waals surface area contributed by atoms with Crippen LogP contribution in [0.3, 0.4) is 0 Å². The Labute approximate surface area is 146 Å². The van der Waals surface area contributed by atoms with Gasteiger partial charge < -0.3 is 19.4 Å². The van der Waals surface area contributed by atoms with Gasteiger partial charge in [-0.05, 0) is 31.0 Å². The largest absolute Gasteiger partial charge is 0.467 e. The van der Waals surface area contributed by atoms with E-state index in [0.717, 1.165) is 6.42 Å². The molecule has 1 aliphatic rings. The second kappa shape index (κ2) is 7.94. The van der Waals surface area contributed by atoms with Gasteiger partial charge in [-0.2, -0.15) is 0 Å². The van der Waals surface area contributed by atoms with Crippen LogP contribution in [0, 0.1) is 0 Å². The third-order valence-corrected chi connectivity index (χ3v) is 4.30. The quantitative estimate of drug-likeness (QED) is 0.862. The Hall–Kier alpha value is -2.67. The molecule has 25 heavy (non-hydrogen) atoms. The first-order valence-corrected chi connectivity index (χ1v) is 8.24. The fraction of sp³-hybridized carbons (Fsp3) is 0.389. The standard InChI is InChI=1S/C18H21N3O4/c1-24-16(13-5-2-8-19-11-13)18(23)21-9-3-7-15(21)17(22)20-12-14-6-4-10-25-14/h2,4-6,8,10-11,15-16H,3,7,9,12H2,1H3,(H,20,22). The molecular weight excluding hydrogens is 322 g/mol. The second-order valence-electron chi connectivity index (χ2n) is 5.89. The third kappa shape index (κ3) is 3.88. The van der Waals surface area contributed by atoms with Crippen LogP contribution in [0.2, 0.25) is 0 Å². The van der Waals surface area contributed by atoms with Gasteiger partial charge >= 0.3 is 0 Å². The molecule has 3 heterocycles. The summed E-state index contributed by atoms with van der Waals surface area (Å²) in [6.07, 6.45) is 5.47. The average molecular weight is 343 g/mol. The first kappa shape index (κ1) is 17.2. The molecule has 0 bridgehead atoms. The van der Waals surface area contributed by atoms with E-state index in [1.54, 1.807) is 47.8 Å². The maximum absolute atomic E-state index is 12.9. The van der Waals surface area contributed by atoms with E-state index in [-0.39, 0.29) is 11.8 Å². The number of carbonyl (C=O) groups excluding carboxylic acids is 2. The third-order valence-electron chi connectivity index (χ3n) is 4.30. The topological polar surface area (TPSA) is 84.7 Å². The van der Waals surface area contributed by atoms with E-state index >= 15 is 0 Å². The molecule has 0 saturated carbocycles. The summed E-state index contributed by atoms with van der Waals surface area (Å²) in [6, 6.07) is 6.62. The number of furan rings is 1. The Morgan fingerprint density at radius 3 is 3.00 bits per heavy atom. The van der Waals surface area contributed by atoms with E-state index in [1.807, 2.05) is 0 Å². The highest BCUT2D eigenvalue weighted by Crippen LogP contribution is 2.25. The van der Waals surface area contributed by atoms with Crippen LogP contribution >= 0.6 is 0 Å². The molecule has 0 spiro atoms. The summed E-state index contributed by atoms with van der Waals surface area (Å²) in [5.41, 5.74) is 0.677. The van der Waals surface area contributed by atoms with Crippen LogP contribution in [0.4, 0.5) is 0 Å². The Bertz CT molecular complexity index is 702. The molecule has 2 unspecified atom stereocenters. The molecular formula is C18H21N3O4. The van der Waals surface area contributed by atoms with Gasteiger partial charge in [0.05, 0.1) is 12.8 Å². The fourth-order valence-corrected chi connectivity index (χ4v) is 3.07. The van der Waals surface area contributed by atoms with Crippen LogP contribution in [0.15, 0.2) is 47.3 Å². The highest BCUT2D eigenvalue weighted by molar-refractivity contribution is 5.90. The van der Waals surface area contributed by atoms with Crippen molar-refractivity contribution in [3.63, 3.8) is 0 Å². The van der Waals surface area contributed by atoms with Gasteiger partial charge in [0.25, 0.3) is 5.91 Å². The SMILES string of the molecule is COC(C(=O)N1CCCC1C(=O)NCc1ccco1)c1cccnc1. The smallest absolute Gasteiger partial charge is 0.257 e. The van der Waals surface area contributed by atoms with Crippen LogP contribution in [-0.4, -0.2) is 41.4 Å². The zero-order valence-corrected chi connectivity index (χ0v) is 14.1. The maximum atomic E-state index is 12.9. The van der Waals surface area contributed by atoms with Crippen molar-refractivity contribution in [1.29, 1.82) is 0 Å². The van der Waals surface area contributed by atoms with Crippen molar-refractivity contribution in [3.8, 4) is 0 Å². The van der Waals surface area contributed by atoms with Crippen molar-refractivity contribution in [3.05, 3.63) is 54.2 Å². The molecule has 7 nitrogen and oxygen atoms in total. The molecule has 1 N–H and O–H groups in total. The minimum atomic E-state index is -0.757. The van der Waals surface area contributed by atoms with Crippen LogP contribution in [0.1, 0.15) is 30.3 Å². The van der Waals surface area contributed by atoms with Gasteiger partial charge in [-0.25, -0.2) is 0 Å². The van der Waals surface area contributed by atoms with E-state index in [9.17, 15) is 9.59 Å². The second-order valence-corrected chi connectivity index (χ2v) is 5.89. The van der Waals surface area contributed by atoms with Crippen LogP contribution in [0.5, 0.6) is 0 Å². The van der Waals surface area contributed by atoms with Crippen molar-refractivity contribution in [1.82, 2.24) is 15.2 Å². The molecule has 1 aliphatic heterocycles. The van der Waals surface area contributed by atoms with E-state index in [4.69, 9.17) is 9.15 Å². The minimum Gasteiger partial charge on any atom is -0.467 e. The van der Waals surface area contributed by atoms with Gasteiger partial charge in [-0.1, -0.05) is 6.07 Å². The van der Waals surface area contributed by atoms with Gasteiger partial charge in [-0.3, -0.25) is 14.6 Å². The van der Waals surface area contributed by atoms with Gasteiger partial charge in [0, 0.05) is 31.6 Å². The van der Waals surface area contributed by atoms with Crippen molar-refractivity contribution in [2.75, 3.05) is 13.7 Å². The molecule has 3 rings (SSSR count). The molecule has 2 atom stereocenters. The van der Waals surface area contributed by atoms with Crippen molar-refractivity contribution in [2.24, 2.45) is 0 Å². The maximum Gasteiger partial charge on any atom is 0.257 e. The first-order valence-electron chi connectivity index (χ1n) is 8.24. The molecule has 132 valence electrons. The molecule has 0 radical (unpaired) electrons. The van der Waals surface area contributed by atoms with Gasteiger partial charge in [0.2, 0.25) is 5.91 Å². The number of likely N-dealkylation sites (tertiary alicyclic amines) is 1. The molecule has 1 fully saturated rings. The normalized spacial score (nSPS) is 18.1. The summed E-state index contributed by atoms with van der Waals surface area (Å²) < 4.78 is 10.6. The minimum absolute atomic E-state index is 0.178.